The summed E-state index contributed by atoms with van der Waals surface area (Å²) in [6, 6.07) is 4.64. The van der Waals surface area contributed by atoms with E-state index in [0.717, 1.165) is 13.0 Å². The van der Waals surface area contributed by atoms with Crippen LogP contribution in [0.5, 0.6) is 0 Å². The van der Waals surface area contributed by atoms with Crippen LogP contribution in [0.2, 0.25) is 5.02 Å². The largest absolute Gasteiger partial charge is 0.399 e. The summed E-state index contributed by atoms with van der Waals surface area (Å²) in [5, 5.41) is 4.88. The third-order valence-corrected chi connectivity index (χ3v) is 3.16. The highest BCUT2D eigenvalue weighted by Gasteiger charge is 2.25. The fraction of sp³-hybridized carbons (Fsp3) is 0.417. The van der Waals surface area contributed by atoms with E-state index in [9.17, 15) is 4.79 Å². The summed E-state index contributed by atoms with van der Waals surface area (Å²) in [6.45, 7) is 3.23. The first-order valence-corrected chi connectivity index (χ1v) is 6.21. The molecule has 2 rings (SSSR count). The average molecular weight is 270 g/mol. The van der Waals surface area contributed by atoms with Crippen LogP contribution >= 0.6 is 11.6 Å². The number of hydrogen-bond acceptors (Lipinski definition) is 4. The normalized spacial score (nSPS) is 17.7. The molecule has 1 aliphatic rings. The van der Waals surface area contributed by atoms with Gasteiger partial charge < -0.3 is 11.1 Å². The molecule has 1 unspecified atom stereocenters. The lowest BCUT2D eigenvalue weighted by atomic mass is 10.2. The fourth-order valence-corrected chi connectivity index (χ4v) is 2.01. The van der Waals surface area contributed by atoms with Crippen molar-refractivity contribution in [1.82, 2.24) is 5.06 Å². The van der Waals surface area contributed by atoms with E-state index in [0.29, 0.717) is 23.0 Å². The molecule has 0 aliphatic carbocycles. The molecule has 1 aliphatic heterocycles. The van der Waals surface area contributed by atoms with Crippen LogP contribution in [0.15, 0.2) is 18.2 Å². The Morgan fingerprint density at radius 2 is 2.39 bits per heavy atom. The van der Waals surface area contributed by atoms with Crippen molar-refractivity contribution < 1.29 is 9.63 Å². The van der Waals surface area contributed by atoms with Crippen LogP contribution in [0, 0.1) is 0 Å². The van der Waals surface area contributed by atoms with Crippen molar-refractivity contribution >= 4 is 28.9 Å². The predicted molar refractivity (Wildman–Crippen MR) is 71.2 cm³/mol. The smallest absolute Gasteiger partial charge is 0.243 e. The van der Waals surface area contributed by atoms with Crippen molar-refractivity contribution in [2.45, 2.75) is 19.4 Å². The number of benzene rings is 1. The van der Waals surface area contributed by atoms with Gasteiger partial charge in [-0.05, 0) is 31.5 Å². The number of anilines is 2. The molecule has 0 bridgehead atoms. The Bertz CT molecular complexity index is 447. The van der Waals surface area contributed by atoms with Crippen LogP contribution in [0.1, 0.15) is 13.3 Å². The molecule has 6 heteroatoms. The second-order valence-electron chi connectivity index (χ2n) is 4.23. The highest BCUT2D eigenvalue weighted by Crippen LogP contribution is 2.24. The Morgan fingerprint density at radius 1 is 1.61 bits per heavy atom. The molecule has 1 heterocycles. The first-order chi connectivity index (χ1) is 8.58. The van der Waals surface area contributed by atoms with Gasteiger partial charge in [0.1, 0.15) is 6.04 Å². The Balaban J connectivity index is 2.01. The number of hydrogen-bond donors (Lipinski definition) is 2. The number of hydroxylamine groups is 2. The lowest BCUT2D eigenvalue weighted by Crippen LogP contribution is -2.39. The second-order valence-corrected chi connectivity index (χ2v) is 4.64. The number of nitrogens with zero attached hydrogens (tertiary/aromatic N) is 1. The number of carbonyl (C=O) groups excluding carboxylic acids is 1. The molecular weight excluding hydrogens is 254 g/mol. The quantitative estimate of drug-likeness (QED) is 0.823. The molecular formula is C12H16ClN3O2. The Hall–Kier alpha value is -1.30. The first-order valence-electron chi connectivity index (χ1n) is 5.83. The number of rotatable bonds is 3. The Morgan fingerprint density at radius 3 is 3.00 bits per heavy atom. The van der Waals surface area contributed by atoms with Crippen LogP contribution in [0.3, 0.4) is 0 Å². The van der Waals surface area contributed by atoms with E-state index in [2.05, 4.69) is 5.32 Å². The van der Waals surface area contributed by atoms with Gasteiger partial charge in [-0.25, -0.2) is 0 Å². The predicted octanol–water partition coefficient (Wildman–Crippen LogP) is 1.89. The Labute approximate surface area is 111 Å². The third-order valence-electron chi connectivity index (χ3n) is 2.84. The SMILES string of the molecule is CC(C(=O)Nc1ccc(N)cc1Cl)N1CCCO1. The zero-order valence-corrected chi connectivity index (χ0v) is 10.9. The van der Waals surface area contributed by atoms with E-state index in [1.807, 2.05) is 0 Å². The van der Waals surface area contributed by atoms with Gasteiger partial charge in [-0.2, -0.15) is 5.06 Å². The molecule has 0 radical (unpaired) electrons. The summed E-state index contributed by atoms with van der Waals surface area (Å²) < 4.78 is 0. The monoisotopic (exact) mass is 269 g/mol. The van der Waals surface area contributed by atoms with E-state index >= 15 is 0 Å². The van der Waals surface area contributed by atoms with Crippen molar-refractivity contribution in [2.24, 2.45) is 0 Å². The number of halogens is 1. The number of carbonyl (C=O) groups is 1. The second kappa shape index (κ2) is 5.56. The zero-order valence-electron chi connectivity index (χ0n) is 10.1. The summed E-state index contributed by atoms with van der Waals surface area (Å²) in [4.78, 5) is 17.4. The van der Waals surface area contributed by atoms with Gasteiger partial charge in [0, 0.05) is 12.2 Å². The fourth-order valence-electron chi connectivity index (χ4n) is 1.77. The first kappa shape index (κ1) is 13.1. The molecule has 98 valence electrons. The minimum Gasteiger partial charge on any atom is -0.399 e. The summed E-state index contributed by atoms with van der Waals surface area (Å²) >= 11 is 6.00. The molecule has 0 saturated carbocycles. The van der Waals surface area contributed by atoms with Crippen LogP contribution < -0.4 is 11.1 Å². The van der Waals surface area contributed by atoms with Gasteiger partial charge >= 0.3 is 0 Å². The van der Waals surface area contributed by atoms with Gasteiger partial charge in [0.15, 0.2) is 0 Å². The van der Waals surface area contributed by atoms with Gasteiger partial charge in [-0.1, -0.05) is 11.6 Å². The van der Waals surface area contributed by atoms with Gasteiger partial charge in [0.05, 0.1) is 17.3 Å². The van der Waals surface area contributed by atoms with E-state index in [4.69, 9.17) is 22.2 Å². The van der Waals surface area contributed by atoms with Crippen LogP contribution in [0.4, 0.5) is 11.4 Å². The topological polar surface area (TPSA) is 67.6 Å². The third kappa shape index (κ3) is 2.93. The van der Waals surface area contributed by atoms with Crippen LogP contribution in [0.25, 0.3) is 0 Å². The lowest BCUT2D eigenvalue weighted by Gasteiger charge is -2.21. The van der Waals surface area contributed by atoms with Crippen LogP contribution in [-0.4, -0.2) is 30.2 Å². The van der Waals surface area contributed by atoms with Crippen molar-refractivity contribution in [3.8, 4) is 0 Å². The van der Waals surface area contributed by atoms with Gasteiger partial charge in [-0.3, -0.25) is 9.63 Å². The molecule has 0 spiro atoms. The maximum Gasteiger partial charge on any atom is 0.243 e. The van der Waals surface area contributed by atoms with E-state index < -0.39 is 0 Å². The number of nitrogen functional groups attached to an aromatic ring is 1. The van der Waals surface area contributed by atoms with Crippen LogP contribution in [-0.2, 0) is 9.63 Å². The molecule has 1 amide bonds. The maximum absolute atomic E-state index is 12.0. The van der Waals surface area contributed by atoms with Crippen molar-refractivity contribution in [3.63, 3.8) is 0 Å². The molecule has 1 aromatic carbocycles. The van der Waals surface area contributed by atoms with Gasteiger partial charge in [-0.15, -0.1) is 0 Å². The number of nitrogens with one attached hydrogen (secondary N) is 1. The molecule has 1 saturated heterocycles. The summed E-state index contributed by atoms with van der Waals surface area (Å²) in [7, 11) is 0. The molecule has 3 N–H and O–H groups in total. The highest BCUT2D eigenvalue weighted by atomic mass is 35.5. The van der Waals surface area contributed by atoms with E-state index in [1.54, 1.807) is 30.2 Å². The van der Waals surface area contributed by atoms with Crippen molar-refractivity contribution in [3.05, 3.63) is 23.2 Å². The molecule has 0 aromatic heterocycles. The average Bonchev–Trinajstić information content (AvgIpc) is 2.85. The van der Waals surface area contributed by atoms with E-state index in [1.165, 1.54) is 0 Å². The van der Waals surface area contributed by atoms with Crippen molar-refractivity contribution in [1.29, 1.82) is 0 Å². The number of nitrogens with two attached hydrogens (primary N) is 1. The number of amides is 1. The molecule has 18 heavy (non-hydrogen) atoms. The van der Waals surface area contributed by atoms with Gasteiger partial charge in [0.2, 0.25) is 5.91 Å². The molecule has 1 fully saturated rings. The molecule has 5 nitrogen and oxygen atoms in total. The minimum absolute atomic E-state index is 0.149. The minimum atomic E-state index is -0.346. The highest BCUT2D eigenvalue weighted by molar-refractivity contribution is 6.34. The molecule has 1 atom stereocenters. The Kier molecular flexibility index (Phi) is 4.06. The summed E-state index contributed by atoms with van der Waals surface area (Å²) in [5.41, 5.74) is 6.71. The lowest BCUT2D eigenvalue weighted by molar-refractivity contribution is -0.154. The summed E-state index contributed by atoms with van der Waals surface area (Å²) in [5.74, 6) is -0.149. The van der Waals surface area contributed by atoms with Gasteiger partial charge in [0.25, 0.3) is 0 Å². The standard InChI is InChI=1S/C12H16ClN3O2/c1-8(16-5-2-6-18-16)12(17)15-11-4-3-9(14)7-10(11)13/h3-4,7-8H,2,5-6,14H2,1H3,(H,15,17). The van der Waals surface area contributed by atoms with E-state index in [-0.39, 0.29) is 11.9 Å². The maximum atomic E-state index is 12.0. The van der Waals surface area contributed by atoms with Crippen molar-refractivity contribution in [2.75, 3.05) is 24.2 Å². The zero-order chi connectivity index (χ0) is 13.1. The molecule has 1 aromatic rings. The summed E-state index contributed by atoms with van der Waals surface area (Å²) in [6.07, 6.45) is 0.945.